The Bertz CT molecular complexity index is 1480. The van der Waals surface area contributed by atoms with Gasteiger partial charge in [0.2, 0.25) is 17.7 Å². The van der Waals surface area contributed by atoms with Crippen molar-refractivity contribution < 1.29 is 33.8 Å². The predicted molar refractivity (Wildman–Crippen MR) is 184 cm³/mol. The normalized spacial score (nSPS) is 24.5. The van der Waals surface area contributed by atoms with Gasteiger partial charge in [-0.3, -0.25) is 14.4 Å². The van der Waals surface area contributed by atoms with Crippen LogP contribution in [0.15, 0.2) is 60.7 Å². The first-order chi connectivity index (χ1) is 22.8. The van der Waals surface area contributed by atoms with E-state index in [4.69, 9.17) is 32.7 Å². The van der Waals surface area contributed by atoms with Crippen LogP contribution >= 0.6 is 23.2 Å². The number of ether oxygens (including phenoxy) is 2. The molecule has 6 atom stereocenters. The summed E-state index contributed by atoms with van der Waals surface area (Å²) in [6.07, 6.45) is 2.37. The maximum absolute atomic E-state index is 13.7. The highest BCUT2D eigenvalue weighted by atomic mass is 35.5. The zero-order valence-electron chi connectivity index (χ0n) is 27.7. The molecule has 48 heavy (non-hydrogen) atoms. The van der Waals surface area contributed by atoms with Crippen LogP contribution in [0.1, 0.15) is 63.0 Å². The summed E-state index contributed by atoms with van der Waals surface area (Å²) in [4.78, 5) is 53.9. The Morgan fingerprint density at radius 1 is 1.02 bits per heavy atom. The molecule has 2 aromatic rings. The molecule has 1 aliphatic heterocycles. The molecule has 1 saturated carbocycles. The van der Waals surface area contributed by atoms with Gasteiger partial charge in [-0.1, -0.05) is 74.8 Å². The van der Waals surface area contributed by atoms with Crippen LogP contribution in [-0.4, -0.2) is 66.7 Å². The van der Waals surface area contributed by atoms with E-state index in [0.29, 0.717) is 41.2 Å². The van der Waals surface area contributed by atoms with Crippen LogP contribution in [-0.2, 0) is 30.3 Å². The van der Waals surface area contributed by atoms with Gasteiger partial charge in [-0.05, 0) is 54.5 Å². The van der Waals surface area contributed by atoms with Gasteiger partial charge in [0, 0.05) is 25.3 Å². The van der Waals surface area contributed by atoms with Gasteiger partial charge in [0.1, 0.15) is 23.9 Å². The fraction of sp³-hybridized carbons (Fsp3) is 0.500. The summed E-state index contributed by atoms with van der Waals surface area (Å²) in [5, 5.41) is 19.4. The summed E-state index contributed by atoms with van der Waals surface area (Å²) in [6, 6.07) is 12.3. The molecule has 0 radical (unpaired) electrons. The van der Waals surface area contributed by atoms with E-state index in [9.17, 15) is 24.3 Å². The van der Waals surface area contributed by atoms with Crippen molar-refractivity contribution in [2.24, 2.45) is 17.3 Å². The minimum atomic E-state index is -1.11. The molecule has 1 spiro atoms. The maximum Gasteiger partial charge on any atom is 0.328 e. The molecular weight excluding hydrogens is 657 g/mol. The summed E-state index contributed by atoms with van der Waals surface area (Å²) in [7, 11) is 1.50. The zero-order valence-corrected chi connectivity index (χ0v) is 29.2. The van der Waals surface area contributed by atoms with Crippen LogP contribution in [0.3, 0.4) is 0 Å². The van der Waals surface area contributed by atoms with Gasteiger partial charge in [0.05, 0.1) is 29.0 Å². The summed E-state index contributed by atoms with van der Waals surface area (Å²) in [5.74, 6) is -2.14. The number of benzene rings is 2. The van der Waals surface area contributed by atoms with E-state index in [0.717, 1.165) is 0 Å². The monoisotopic (exact) mass is 701 g/mol. The summed E-state index contributed by atoms with van der Waals surface area (Å²) in [5.41, 5.74) is 0.513. The number of hydrogen-bond acceptors (Lipinski definition) is 7. The standard InChI is InChI=1S/C36H45Cl2N3O7/c1-21(2)17-27-34(45)48-28(22(3)32(43)31(38)24-9-6-5-7-10-24)11-8-12-30(42)40-26(19-23-13-14-29(47-4)25(37)18-23)33(44)39-20-36(15-16-36)35(46)41-27/h5-10,12-14,18,21-22,26-28,31-32,43H,11,15-17,19-20H2,1-4H3,(H,39,44)(H,40,42)(H,41,46)/b12-8+/t22-,26+,27-,28-,31-,32+/m0/s1. The molecule has 0 bridgehead atoms. The molecule has 4 rings (SSSR count). The number of aliphatic hydroxyl groups is 1. The number of amides is 3. The topological polar surface area (TPSA) is 143 Å². The largest absolute Gasteiger partial charge is 0.495 e. The third-order valence-electron chi connectivity index (χ3n) is 8.97. The number of nitrogens with one attached hydrogen (secondary N) is 3. The zero-order chi connectivity index (χ0) is 35.0. The van der Waals surface area contributed by atoms with Gasteiger partial charge in [-0.2, -0.15) is 0 Å². The van der Waals surface area contributed by atoms with Crippen molar-refractivity contribution >= 4 is 46.9 Å². The Hall–Kier alpha value is -3.60. The number of esters is 1. The molecule has 1 aliphatic carbocycles. The van der Waals surface area contributed by atoms with E-state index in [1.54, 1.807) is 37.3 Å². The summed E-state index contributed by atoms with van der Waals surface area (Å²) in [6.45, 7) is 5.63. The SMILES string of the molecule is COc1ccc(C[C@H]2NC(=O)/C=C/C[C@@H]([C@H](C)[C@@H](O)[C@@H](Cl)c3ccccc3)OC(=O)[C@H](CC(C)C)NC(=O)C3(CC3)CNC2=O)cc1Cl. The van der Waals surface area contributed by atoms with Crippen molar-refractivity contribution in [2.75, 3.05) is 13.7 Å². The van der Waals surface area contributed by atoms with E-state index in [1.807, 2.05) is 32.0 Å². The minimum Gasteiger partial charge on any atom is -0.495 e. The smallest absolute Gasteiger partial charge is 0.328 e. The lowest BCUT2D eigenvalue weighted by molar-refractivity contribution is -0.158. The van der Waals surface area contributed by atoms with Crippen LogP contribution in [0, 0.1) is 17.3 Å². The number of cyclic esters (lactones) is 1. The molecule has 1 heterocycles. The number of hydrogen-bond donors (Lipinski definition) is 4. The van der Waals surface area contributed by atoms with E-state index in [-0.39, 0.29) is 31.2 Å². The van der Waals surface area contributed by atoms with Gasteiger partial charge in [0.15, 0.2) is 0 Å². The highest BCUT2D eigenvalue weighted by molar-refractivity contribution is 6.32. The van der Waals surface area contributed by atoms with Gasteiger partial charge in [-0.25, -0.2) is 4.79 Å². The second-order valence-electron chi connectivity index (χ2n) is 13.2. The molecule has 0 saturated heterocycles. The van der Waals surface area contributed by atoms with Crippen LogP contribution < -0.4 is 20.7 Å². The van der Waals surface area contributed by atoms with Gasteiger partial charge >= 0.3 is 5.97 Å². The Kier molecular flexibility index (Phi) is 12.9. The molecule has 3 amide bonds. The number of rotatable bonds is 9. The fourth-order valence-corrected chi connectivity index (χ4v) is 6.40. The number of carbonyl (C=O) groups is 4. The van der Waals surface area contributed by atoms with Crippen molar-refractivity contribution in [3.05, 3.63) is 76.8 Å². The third-order valence-corrected chi connectivity index (χ3v) is 9.78. The predicted octanol–water partition coefficient (Wildman–Crippen LogP) is 4.65. The second kappa shape index (κ2) is 16.7. The average molecular weight is 703 g/mol. The molecule has 260 valence electrons. The van der Waals surface area contributed by atoms with Gasteiger partial charge < -0.3 is 30.5 Å². The fourth-order valence-electron chi connectivity index (χ4n) is 5.74. The first-order valence-electron chi connectivity index (χ1n) is 16.3. The van der Waals surface area contributed by atoms with Crippen molar-refractivity contribution in [2.45, 2.75) is 82.5 Å². The van der Waals surface area contributed by atoms with Crippen molar-refractivity contribution in [1.82, 2.24) is 16.0 Å². The highest BCUT2D eigenvalue weighted by Crippen LogP contribution is 2.45. The highest BCUT2D eigenvalue weighted by Gasteiger charge is 2.51. The van der Waals surface area contributed by atoms with Crippen molar-refractivity contribution in [3.8, 4) is 5.75 Å². The van der Waals surface area contributed by atoms with E-state index < -0.39 is 58.8 Å². The summed E-state index contributed by atoms with van der Waals surface area (Å²) < 4.78 is 11.2. The lowest BCUT2D eigenvalue weighted by Gasteiger charge is -2.32. The van der Waals surface area contributed by atoms with E-state index >= 15 is 0 Å². The number of aliphatic hydroxyl groups excluding tert-OH is 1. The van der Waals surface area contributed by atoms with Gasteiger partial charge in [0.25, 0.3) is 0 Å². The Morgan fingerprint density at radius 2 is 1.73 bits per heavy atom. The number of carbonyl (C=O) groups excluding carboxylic acids is 4. The second-order valence-corrected chi connectivity index (χ2v) is 14.0. The van der Waals surface area contributed by atoms with Crippen molar-refractivity contribution in [1.29, 1.82) is 0 Å². The Morgan fingerprint density at radius 3 is 2.35 bits per heavy atom. The summed E-state index contributed by atoms with van der Waals surface area (Å²) >= 11 is 13.0. The molecule has 0 aromatic heterocycles. The quantitative estimate of drug-likeness (QED) is 0.220. The lowest BCUT2D eigenvalue weighted by atomic mass is 9.90. The third kappa shape index (κ3) is 9.74. The van der Waals surface area contributed by atoms with Crippen LogP contribution in [0.5, 0.6) is 5.75 Å². The average Bonchev–Trinajstić information content (AvgIpc) is 3.86. The Labute approximate surface area is 291 Å². The molecule has 2 aromatic carbocycles. The molecular formula is C36H45Cl2N3O7. The first kappa shape index (κ1) is 37.2. The van der Waals surface area contributed by atoms with Crippen molar-refractivity contribution in [3.63, 3.8) is 0 Å². The minimum absolute atomic E-state index is 0.0368. The Balaban J connectivity index is 1.63. The van der Waals surface area contributed by atoms with E-state index in [1.165, 1.54) is 19.3 Å². The number of halogens is 2. The molecule has 10 nitrogen and oxygen atoms in total. The first-order valence-corrected chi connectivity index (χ1v) is 17.1. The number of alkyl halides is 1. The van der Waals surface area contributed by atoms with Crippen LogP contribution in [0.2, 0.25) is 5.02 Å². The molecule has 1 fully saturated rings. The van der Waals surface area contributed by atoms with Gasteiger partial charge in [-0.15, -0.1) is 11.6 Å². The number of methoxy groups -OCH3 is 1. The van der Waals surface area contributed by atoms with E-state index in [2.05, 4.69) is 16.0 Å². The molecule has 4 N–H and O–H groups in total. The molecule has 12 heteroatoms. The lowest BCUT2D eigenvalue weighted by Crippen LogP contribution is -2.52. The van der Waals surface area contributed by atoms with Crippen LogP contribution in [0.4, 0.5) is 0 Å². The maximum atomic E-state index is 13.7. The van der Waals surface area contributed by atoms with Crippen LogP contribution in [0.25, 0.3) is 0 Å². The molecule has 0 unspecified atom stereocenters. The molecule has 2 aliphatic rings.